The van der Waals surface area contributed by atoms with Crippen molar-refractivity contribution in [2.24, 2.45) is 0 Å². The summed E-state index contributed by atoms with van der Waals surface area (Å²) in [6.45, 7) is 8.30. The number of carbonyl (C=O) groups excluding carboxylic acids is 2. The number of benzene rings is 1. The van der Waals surface area contributed by atoms with Gasteiger partial charge in [0.15, 0.2) is 5.78 Å². The van der Waals surface area contributed by atoms with Crippen LogP contribution >= 0.6 is 0 Å². The maximum Gasteiger partial charge on any atom is 0.225 e. The normalized spacial score (nSPS) is 15.5. The fourth-order valence-electron chi connectivity index (χ4n) is 2.82. The number of rotatable bonds is 6. The van der Waals surface area contributed by atoms with E-state index in [2.05, 4.69) is 15.5 Å². The molecule has 1 fully saturated rings. The maximum atomic E-state index is 12.2. The Labute approximate surface area is 132 Å². The van der Waals surface area contributed by atoms with Gasteiger partial charge in [0.25, 0.3) is 0 Å². The van der Waals surface area contributed by atoms with E-state index in [4.69, 9.17) is 0 Å². The largest absolute Gasteiger partial charge is 0.326 e. The second-order valence-electron chi connectivity index (χ2n) is 5.63. The van der Waals surface area contributed by atoms with Crippen molar-refractivity contribution in [1.29, 1.82) is 0 Å². The topological polar surface area (TPSA) is 61.4 Å². The van der Waals surface area contributed by atoms with Gasteiger partial charge in [0.1, 0.15) is 0 Å². The Balaban J connectivity index is 1.96. The Hall–Kier alpha value is -1.72. The third-order valence-electron chi connectivity index (χ3n) is 4.05. The van der Waals surface area contributed by atoms with Gasteiger partial charge < -0.3 is 15.5 Å². The third kappa shape index (κ3) is 4.39. The number of nitrogens with one attached hydrogen (secondary N) is 2. The Morgan fingerprint density at radius 2 is 2.00 bits per heavy atom. The van der Waals surface area contributed by atoms with E-state index in [0.717, 1.165) is 50.4 Å². The Morgan fingerprint density at radius 3 is 2.64 bits per heavy atom. The average Bonchev–Trinajstić information content (AvgIpc) is 2.53. The lowest BCUT2D eigenvalue weighted by molar-refractivity contribution is -0.116. The highest BCUT2D eigenvalue weighted by atomic mass is 16.1. The predicted molar refractivity (Wildman–Crippen MR) is 88.4 cm³/mol. The molecule has 1 aromatic carbocycles. The summed E-state index contributed by atoms with van der Waals surface area (Å²) in [6.07, 6.45) is 1.20. The molecule has 1 amide bonds. The molecule has 22 heavy (non-hydrogen) atoms. The van der Waals surface area contributed by atoms with E-state index in [1.807, 2.05) is 25.1 Å². The first kappa shape index (κ1) is 16.6. The van der Waals surface area contributed by atoms with Gasteiger partial charge in [0.2, 0.25) is 5.91 Å². The molecule has 0 atom stereocenters. The van der Waals surface area contributed by atoms with Crippen LogP contribution in [0.1, 0.15) is 36.2 Å². The third-order valence-corrected chi connectivity index (χ3v) is 4.05. The first-order valence-electron chi connectivity index (χ1n) is 7.97. The van der Waals surface area contributed by atoms with E-state index in [9.17, 15) is 9.59 Å². The number of carbonyl (C=O) groups is 2. The minimum absolute atomic E-state index is 0.00827. The van der Waals surface area contributed by atoms with Crippen molar-refractivity contribution in [3.05, 3.63) is 29.3 Å². The number of hydrogen-bond acceptors (Lipinski definition) is 4. The van der Waals surface area contributed by atoms with Gasteiger partial charge in [0.05, 0.1) is 0 Å². The Morgan fingerprint density at radius 1 is 1.27 bits per heavy atom. The molecule has 1 aromatic rings. The summed E-state index contributed by atoms with van der Waals surface area (Å²) in [5, 5.41) is 6.26. The standard InChI is InChI=1S/C17H25N3O2/c1-3-14-15(13(2)21)5-4-6-16(14)19-17(22)7-10-20-11-8-18-9-12-20/h4-6,18H,3,7-12H2,1-2H3,(H,19,22). The van der Waals surface area contributed by atoms with Crippen LogP contribution in [-0.2, 0) is 11.2 Å². The summed E-state index contributed by atoms with van der Waals surface area (Å²) in [4.78, 5) is 26.1. The van der Waals surface area contributed by atoms with Crippen molar-refractivity contribution in [3.8, 4) is 0 Å². The first-order valence-corrected chi connectivity index (χ1v) is 7.97. The molecule has 1 aliphatic heterocycles. The summed E-state index contributed by atoms with van der Waals surface area (Å²) < 4.78 is 0. The SMILES string of the molecule is CCc1c(NC(=O)CCN2CCNCC2)cccc1C(C)=O. The molecule has 0 saturated carbocycles. The van der Waals surface area contributed by atoms with Crippen molar-refractivity contribution < 1.29 is 9.59 Å². The number of piperazine rings is 1. The lowest BCUT2D eigenvalue weighted by Gasteiger charge is -2.26. The Bertz CT molecular complexity index is 537. The second kappa shape index (κ2) is 8.06. The van der Waals surface area contributed by atoms with Gasteiger partial charge in [-0.2, -0.15) is 0 Å². The molecule has 2 N–H and O–H groups in total. The lowest BCUT2D eigenvalue weighted by atomic mass is 10.00. The van der Waals surface area contributed by atoms with Crippen LogP contribution in [-0.4, -0.2) is 49.3 Å². The summed E-state index contributed by atoms with van der Waals surface area (Å²) in [7, 11) is 0. The summed E-state index contributed by atoms with van der Waals surface area (Å²) in [5.41, 5.74) is 2.38. The van der Waals surface area contributed by atoms with E-state index in [1.165, 1.54) is 0 Å². The number of ketones is 1. The quantitative estimate of drug-likeness (QED) is 0.785. The fraction of sp³-hybridized carbons (Fsp3) is 0.529. The van der Waals surface area contributed by atoms with Gasteiger partial charge in [-0.1, -0.05) is 19.1 Å². The van der Waals surface area contributed by atoms with Crippen molar-refractivity contribution in [2.75, 3.05) is 38.0 Å². The predicted octanol–water partition coefficient (Wildman–Crippen LogP) is 1.69. The monoisotopic (exact) mass is 303 g/mol. The molecule has 0 bridgehead atoms. The zero-order valence-corrected chi connectivity index (χ0v) is 13.4. The molecular weight excluding hydrogens is 278 g/mol. The fourth-order valence-corrected chi connectivity index (χ4v) is 2.82. The van der Waals surface area contributed by atoms with Crippen LogP contribution in [0, 0.1) is 0 Å². The highest BCUT2D eigenvalue weighted by Crippen LogP contribution is 2.21. The van der Waals surface area contributed by atoms with Gasteiger partial charge in [-0.25, -0.2) is 0 Å². The highest BCUT2D eigenvalue weighted by Gasteiger charge is 2.14. The van der Waals surface area contributed by atoms with E-state index in [1.54, 1.807) is 6.92 Å². The number of amides is 1. The van der Waals surface area contributed by atoms with Crippen LogP contribution in [0.15, 0.2) is 18.2 Å². The van der Waals surface area contributed by atoms with Gasteiger partial charge >= 0.3 is 0 Å². The Kier molecular flexibility index (Phi) is 6.10. The van der Waals surface area contributed by atoms with Gasteiger partial charge in [0, 0.05) is 50.4 Å². The lowest BCUT2D eigenvalue weighted by Crippen LogP contribution is -2.44. The molecule has 0 spiro atoms. The number of hydrogen-bond donors (Lipinski definition) is 2. The van der Waals surface area contributed by atoms with E-state index >= 15 is 0 Å². The number of nitrogens with zero attached hydrogens (tertiary/aromatic N) is 1. The van der Waals surface area contributed by atoms with Crippen LogP contribution in [0.3, 0.4) is 0 Å². The van der Waals surface area contributed by atoms with Gasteiger partial charge in [-0.3, -0.25) is 9.59 Å². The van der Waals surface area contributed by atoms with Crippen LogP contribution in [0.2, 0.25) is 0 Å². The molecule has 0 aromatic heterocycles. The molecule has 2 rings (SSSR count). The van der Waals surface area contributed by atoms with Crippen LogP contribution in [0.25, 0.3) is 0 Å². The minimum Gasteiger partial charge on any atom is -0.326 e. The molecule has 0 radical (unpaired) electrons. The molecule has 0 unspecified atom stereocenters. The summed E-state index contributed by atoms with van der Waals surface area (Å²) in [5.74, 6) is 0.0442. The highest BCUT2D eigenvalue weighted by molar-refractivity contribution is 5.99. The van der Waals surface area contributed by atoms with Crippen LogP contribution < -0.4 is 10.6 Å². The molecule has 5 nitrogen and oxygen atoms in total. The smallest absolute Gasteiger partial charge is 0.225 e. The number of anilines is 1. The van der Waals surface area contributed by atoms with Crippen LogP contribution in [0.4, 0.5) is 5.69 Å². The van der Waals surface area contributed by atoms with E-state index in [0.29, 0.717) is 12.0 Å². The molecule has 120 valence electrons. The van der Waals surface area contributed by atoms with E-state index in [-0.39, 0.29) is 11.7 Å². The number of Topliss-reactive ketones (excluding diaryl/α,β-unsaturated/α-hetero) is 1. The zero-order chi connectivity index (χ0) is 15.9. The minimum atomic E-state index is 0.00827. The molecule has 5 heteroatoms. The van der Waals surface area contributed by atoms with Crippen molar-refractivity contribution >= 4 is 17.4 Å². The van der Waals surface area contributed by atoms with Crippen molar-refractivity contribution in [1.82, 2.24) is 10.2 Å². The zero-order valence-electron chi connectivity index (χ0n) is 13.4. The summed E-state index contributed by atoms with van der Waals surface area (Å²) in [6, 6.07) is 5.51. The molecule has 1 aliphatic rings. The van der Waals surface area contributed by atoms with Crippen molar-refractivity contribution in [3.63, 3.8) is 0 Å². The molecule has 0 aliphatic carbocycles. The first-order chi connectivity index (χ1) is 10.6. The van der Waals surface area contributed by atoms with Gasteiger partial charge in [-0.15, -0.1) is 0 Å². The summed E-state index contributed by atoms with van der Waals surface area (Å²) >= 11 is 0. The maximum absolute atomic E-state index is 12.2. The van der Waals surface area contributed by atoms with E-state index < -0.39 is 0 Å². The van der Waals surface area contributed by atoms with Crippen LogP contribution in [0.5, 0.6) is 0 Å². The second-order valence-corrected chi connectivity index (χ2v) is 5.63. The molecule has 1 heterocycles. The average molecular weight is 303 g/mol. The molecular formula is C17H25N3O2. The van der Waals surface area contributed by atoms with Crippen molar-refractivity contribution in [2.45, 2.75) is 26.7 Å². The van der Waals surface area contributed by atoms with Gasteiger partial charge in [-0.05, 0) is 25.0 Å². The molecule has 1 saturated heterocycles.